The zero-order valence-electron chi connectivity index (χ0n) is 10.9. The van der Waals surface area contributed by atoms with Crippen LogP contribution in [0.2, 0.25) is 0 Å². The first-order valence-corrected chi connectivity index (χ1v) is 6.58. The van der Waals surface area contributed by atoms with Crippen molar-refractivity contribution in [1.82, 2.24) is 10.2 Å². The van der Waals surface area contributed by atoms with Gasteiger partial charge in [0.25, 0.3) is 0 Å². The normalized spacial score (nSPS) is 32.3. The van der Waals surface area contributed by atoms with Crippen LogP contribution in [0.3, 0.4) is 0 Å². The summed E-state index contributed by atoms with van der Waals surface area (Å²) >= 11 is 0. The van der Waals surface area contributed by atoms with Crippen molar-refractivity contribution in [1.29, 1.82) is 0 Å². The fraction of sp³-hybridized carbons (Fsp3) is 0.833. The topological polar surface area (TPSA) is 99.1 Å². The van der Waals surface area contributed by atoms with Crippen LogP contribution in [0, 0.1) is 0 Å². The summed E-state index contributed by atoms with van der Waals surface area (Å²) in [6.45, 7) is 2.60. The largest absolute Gasteiger partial charge is 0.480 e. The van der Waals surface area contributed by atoms with Gasteiger partial charge in [0.2, 0.25) is 0 Å². The van der Waals surface area contributed by atoms with Gasteiger partial charge in [0.05, 0.1) is 18.2 Å². The molecule has 2 amide bonds. The second kappa shape index (κ2) is 5.75. The summed E-state index contributed by atoms with van der Waals surface area (Å²) in [6.07, 6.45) is 1.17. The smallest absolute Gasteiger partial charge is 0.326 e. The predicted molar refractivity (Wildman–Crippen MR) is 65.7 cm³/mol. The molecule has 2 saturated heterocycles. The van der Waals surface area contributed by atoms with Gasteiger partial charge < -0.3 is 25.2 Å². The van der Waals surface area contributed by atoms with Gasteiger partial charge in [-0.1, -0.05) is 0 Å². The lowest BCUT2D eigenvalue weighted by Gasteiger charge is -2.26. The van der Waals surface area contributed by atoms with Gasteiger partial charge >= 0.3 is 12.0 Å². The van der Waals surface area contributed by atoms with Crippen molar-refractivity contribution in [2.75, 3.05) is 13.2 Å². The molecule has 0 aliphatic carbocycles. The number of aliphatic hydroxyl groups is 1. The number of nitrogens with one attached hydrogen (secondary N) is 1. The number of carboxylic acids is 1. The summed E-state index contributed by atoms with van der Waals surface area (Å²) in [5.74, 6) is -1.09. The Hall–Kier alpha value is -1.34. The van der Waals surface area contributed by atoms with Crippen molar-refractivity contribution in [2.45, 2.75) is 50.5 Å². The molecule has 2 aliphatic heterocycles. The fourth-order valence-electron chi connectivity index (χ4n) is 2.64. The van der Waals surface area contributed by atoms with Crippen LogP contribution < -0.4 is 5.32 Å². The third kappa shape index (κ3) is 3.16. The quantitative estimate of drug-likeness (QED) is 0.660. The number of amides is 2. The number of rotatable bonds is 3. The lowest BCUT2D eigenvalue weighted by Crippen LogP contribution is -2.51. The fourth-order valence-corrected chi connectivity index (χ4v) is 2.64. The molecule has 0 radical (unpaired) electrons. The highest BCUT2D eigenvalue weighted by Gasteiger charge is 2.39. The number of ether oxygens (including phenoxy) is 1. The SMILES string of the molecule is CC(NC(=O)N1C[C@H](O)C[C@H]1C(=O)O)C1CCCO1. The molecule has 7 nitrogen and oxygen atoms in total. The zero-order chi connectivity index (χ0) is 14.0. The first kappa shape index (κ1) is 14.1. The zero-order valence-corrected chi connectivity index (χ0v) is 10.9. The third-order valence-corrected chi connectivity index (χ3v) is 3.70. The van der Waals surface area contributed by atoms with E-state index in [0.29, 0.717) is 6.61 Å². The molecular formula is C12H20N2O5. The Bertz CT molecular complexity index is 356. The molecule has 108 valence electrons. The Morgan fingerprint density at radius 1 is 1.47 bits per heavy atom. The summed E-state index contributed by atoms with van der Waals surface area (Å²) in [6, 6.07) is -1.57. The van der Waals surface area contributed by atoms with Gasteiger partial charge in [-0.05, 0) is 19.8 Å². The van der Waals surface area contributed by atoms with E-state index in [1.54, 1.807) is 0 Å². The van der Waals surface area contributed by atoms with Gasteiger partial charge in [-0.25, -0.2) is 9.59 Å². The van der Waals surface area contributed by atoms with Gasteiger partial charge in [-0.2, -0.15) is 0 Å². The minimum Gasteiger partial charge on any atom is -0.480 e. The third-order valence-electron chi connectivity index (χ3n) is 3.70. The molecule has 0 aromatic carbocycles. The minimum absolute atomic E-state index is 0.0141. The number of β-amino-alcohol motifs (C(OH)–C–C–N with tert-alkyl or cyclic N) is 1. The highest BCUT2D eigenvalue weighted by atomic mass is 16.5. The lowest BCUT2D eigenvalue weighted by atomic mass is 10.1. The second-order valence-corrected chi connectivity index (χ2v) is 5.19. The van der Waals surface area contributed by atoms with Crippen LogP contribution >= 0.6 is 0 Å². The van der Waals surface area contributed by atoms with E-state index in [-0.39, 0.29) is 25.1 Å². The number of hydrogen-bond acceptors (Lipinski definition) is 4. The minimum atomic E-state index is -1.09. The van der Waals surface area contributed by atoms with Gasteiger partial charge in [-0.3, -0.25) is 0 Å². The molecule has 2 aliphatic rings. The Labute approximate surface area is 111 Å². The summed E-state index contributed by atoms with van der Waals surface area (Å²) in [4.78, 5) is 24.3. The lowest BCUT2D eigenvalue weighted by molar-refractivity contribution is -0.141. The molecule has 0 spiro atoms. The van der Waals surface area contributed by atoms with Crippen LogP contribution in [0.5, 0.6) is 0 Å². The van der Waals surface area contributed by atoms with Crippen molar-refractivity contribution in [3.8, 4) is 0 Å². The molecule has 2 heterocycles. The van der Waals surface area contributed by atoms with E-state index in [9.17, 15) is 14.7 Å². The highest BCUT2D eigenvalue weighted by molar-refractivity contribution is 5.83. The van der Waals surface area contributed by atoms with Gasteiger partial charge in [0.1, 0.15) is 6.04 Å². The van der Waals surface area contributed by atoms with E-state index in [1.807, 2.05) is 6.92 Å². The number of aliphatic carboxylic acids is 1. The molecule has 0 aromatic heterocycles. The first-order valence-electron chi connectivity index (χ1n) is 6.58. The van der Waals surface area contributed by atoms with E-state index in [1.165, 1.54) is 4.90 Å². The molecule has 0 bridgehead atoms. The molecule has 0 aromatic rings. The maximum atomic E-state index is 12.1. The molecule has 0 saturated carbocycles. The van der Waals surface area contributed by atoms with Crippen molar-refractivity contribution in [2.24, 2.45) is 0 Å². The van der Waals surface area contributed by atoms with Crippen molar-refractivity contribution < 1.29 is 24.5 Å². The monoisotopic (exact) mass is 272 g/mol. The Morgan fingerprint density at radius 3 is 2.79 bits per heavy atom. The number of carbonyl (C=O) groups excluding carboxylic acids is 1. The highest BCUT2D eigenvalue weighted by Crippen LogP contribution is 2.20. The van der Waals surface area contributed by atoms with E-state index < -0.39 is 24.1 Å². The van der Waals surface area contributed by atoms with Crippen LogP contribution in [-0.2, 0) is 9.53 Å². The molecule has 19 heavy (non-hydrogen) atoms. The van der Waals surface area contributed by atoms with Crippen LogP contribution in [0.15, 0.2) is 0 Å². The number of carbonyl (C=O) groups is 2. The van der Waals surface area contributed by atoms with Crippen LogP contribution in [0.25, 0.3) is 0 Å². The summed E-state index contributed by atoms with van der Waals surface area (Å²) in [7, 11) is 0. The number of aliphatic hydroxyl groups excluding tert-OH is 1. The maximum absolute atomic E-state index is 12.1. The standard InChI is InChI=1S/C12H20N2O5/c1-7(10-3-2-4-19-10)13-12(18)14-6-8(15)5-9(14)11(16)17/h7-10,15H,2-6H2,1H3,(H,13,18)(H,16,17)/t7?,8-,9+,10?/m1/s1. The maximum Gasteiger partial charge on any atom is 0.326 e. The van der Waals surface area contributed by atoms with E-state index in [4.69, 9.17) is 9.84 Å². The summed E-state index contributed by atoms with van der Waals surface area (Å²) < 4.78 is 5.47. The Balaban J connectivity index is 1.92. The van der Waals surface area contributed by atoms with Crippen LogP contribution in [0.1, 0.15) is 26.2 Å². The molecule has 2 unspecified atom stereocenters. The second-order valence-electron chi connectivity index (χ2n) is 5.19. The summed E-state index contributed by atoms with van der Waals surface area (Å²) in [5.41, 5.74) is 0. The number of nitrogens with zero attached hydrogens (tertiary/aromatic N) is 1. The van der Waals surface area contributed by atoms with Gasteiger partial charge in [0, 0.05) is 19.6 Å². The average Bonchev–Trinajstić information content (AvgIpc) is 2.96. The van der Waals surface area contributed by atoms with E-state index in [2.05, 4.69) is 5.32 Å². The molecule has 2 fully saturated rings. The molecule has 3 N–H and O–H groups in total. The number of carboxylic acid groups (broad SMARTS) is 1. The van der Waals surface area contributed by atoms with Gasteiger partial charge in [0.15, 0.2) is 0 Å². The van der Waals surface area contributed by atoms with Crippen LogP contribution in [0.4, 0.5) is 4.79 Å². The number of likely N-dealkylation sites (tertiary alicyclic amines) is 1. The first-order chi connectivity index (χ1) is 8.99. The van der Waals surface area contributed by atoms with E-state index in [0.717, 1.165) is 12.8 Å². The molecule has 2 rings (SSSR count). The van der Waals surface area contributed by atoms with E-state index >= 15 is 0 Å². The molecule has 7 heteroatoms. The predicted octanol–water partition coefficient (Wildman–Crippen LogP) is -0.217. The number of urea groups is 1. The summed E-state index contributed by atoms with van der Waals surface area (Å²) in [5, 5.41) is 21.3. The molecule has 4 atom stereocenters. The van der Waals surface area contributed by atoms with Crippen molar-refractivity contribution in [3.05, 3.63) is 0 Å². The van der Waals surface area contributed by atoms with Gasteiger partial charge in [-0.15, -0.1) is 0 Å². The average molecular weight is 272 g/mol. The molecular weight excluding hydrogens is 252 g/mol. The Morgan fingerprint density at radius 2 is 2.21 bits per heavy atom. The van der Waals surface area contributed by atoms with Crippen molar-refractivity contribution in [3.63, 3.8) is 0 Å². The van der Waals surface area contributed by atoms with Crippen LogP contribution in [-0.4, -0.2) is 64.6 Å². The Kier molecular flexibility index (Phi) is 4.26. The number of hydrogen-bond donors (Lipinski definition) is 3. The van der Waals surface area contributed by atoms with Crippen molar-refractivity contribution >= 4 is 12.0 Å².